The highest BCUT2D eigenvalue weighted by Gasteiger charge is 2.17. The Morgan fingerprint density at radius 2 is 1.67 bits per heavy atom. The normalized spacial score (nSPS) is 11.5. The van der Waals surface area contributed by atoms with Crippen molar-refractivity contribution in [1.29, 1.82) is 0 Å². The summed E-state index contributed by atoms with van der Waals surface area (Å²) in [5.41, 5.74) is 2.79. The predicted octanol–water partition coefficient (Wildman–Crippen LogP) is 4.31. The third-order valence-electron chi connectivity index (χ3n) is 3.30. The average Bonchev–Trinajstić information content (AvgIpc) is 2.39. The Morgan fingerprint density at radius 3 is 2.29 bits per heavy atom. The third-order valence-corrected chi connectivity index (χ3v) is 5.27. The molecule has 6 heteroatoms. The molecular formula is C15H15BrFNO2S. The van der Waals surface area contributed by atoms with Gasteiger partial charge in [-0.3, -0.25) is 4.72 Å². The molecule has 0 spiro atoms. The summed E-state index contributed by atoms with van der Waals surface area (Å²) in [7, 11) is -3.70. The first-order valence-electron chi connectivity index (χ1n) is 6.26. The van der Waals surface area contributed by atoms with Gasteiger partial charge in [0.2, 0.25) is 0 Å². The van der Waals surface area contributed by atoms with E-state index in [0.717, 1.165) is 11.1 Å². The predicted molar refractivity (Wildman–Crippen MR) is 85.6 cm³/mol. The van der Waals surface area contributed by atoms with Gasteiger partial charge in [-0.05, 0) is 77.7 Å². The van der Waals surface area contributed by atoms with E-state index in [-0.39, 0.29) is 9.37 Å². The summed E-state index contributed by atoms with van der Waals surface area (Å²) < 4.78 is 40.9. The molecule has 21 heavy (non-hydrogen) atoms. The van der Waals surface area contributed by atoms with Crippen molar-refractivity contribution in [3.05, 3.63) is 57.3 Å². The summed E-state index contributed by atoms with van der Waals surface area (Å²) in [6.07, 6.45) is 0. The second-order valence-corrected chi connectivity index (χ2v) is 7.47. The minimum atomic E-state index is -3.70. The van der Waals surface area contributed by atoms with E-state index in [0.29, 0.717) is 11.3 Å². The van der Waals surface area contributed by atoms with Crippen molar-refractivity contribution in [2.75, 3.05) is 4.72 Å². The molecule has 0 heterocycles. The molecule has 3 nitrogen and oxygen atoms in total. The first-order chi connectivity index (χ1) is 9.70. The fourth-order valence-corrected chi connectivity index (χ4v) is 3.39. The highest BCUT2D eigenvalue weighted by molar-refractivity contribution is 9.10. The minimum Gasteiger partial charge on any atom is -0.279 e. The van der Waals surface area contributed by atoms with Crippen LogP contribution >= 0.6 is 15.9 Å². The van der Waals surface area contributed by atoms with Crippen molar-refractivity contribution < 1.29 is 12.8 Å². The summed E-state index contributed by atoms with van der Waals surface area (Å²) in [4.78, 5) is 0.186. The number of hydrogen-bond acceptors (Lipinski definition) is 2. The van der Waals surface area contributed by atoms with Gasteiger partial charge in [0.25, 0.3) is 10.0 Å². The van der Waals surface area contributed by atoms with Crippen LogP contribution in [0.5, 0.6) is 0 Å². The molecule has 0 aromatic heterocycles. The van der Waals surface area contributed by atoms with Crippen LogP contribution in [0.15, 0.2) is 39.7 Å². The highest BCUT2D eigenvalue weighted by Crippen LogP contribution is 2.26. The van der Waals surface area contributed by atoms with Gasteiger partial charge >= 0.3 is 0 Å². The lowest BCUT2D eigenvalue weighted by atomic mass is 10.1. The lowest BCUT2D eigenvalue weighted by Crippen LogP contribution is -2.14. The van der Waals surface area contributed by atoms with Gasteiger partial charge in [0.1, 0.15) is 5.82 Å². The second-order valence-electron chi connectivity index (χ2n) is 4.93. The smallest absolute Gasteiger partial charge is 0.261 e. The lowest BCUT2D eigenvalue weighted by Gasteiger charge is -2.12. The van der Waals surface area contributed by atoms with Gasteiger partial charge in [-0.1, -0.05) is 6.07 Å². The van der Waals surface area contributed by atoms with Gasteiger partial charge in [-0.15, -0.1) is 0 Å². The minimum absolute atomic E-state index is 0.186. The number of hydrogen-bond donors (Lipinski definition) is 1. The summed E-state index contributed by atoms with van der Waals surface area (Å²) in [5.74, 6) is -0.429. The van der Waals surface area contributed by atoms with E-state index >= 15 is 0 Å². The Kier molecular flexibility index (Phi) is 4.39. The van der Waals surface area contributed by atoms with E-state index in [1.165, 1.54) is 12.1 Å². The van der Waals surface area contributed by atoms with Gasteiger partial charge in [0.05, 0.1) is 15.1 Å². The first-order valence-corrected chi connectivity index (χ1v) is 8.54. The van der Waals surface area contributed by atoms with Gasteiger partial charge in [-0.2, -0.15) is 0 Å². The fraction of sp³-hybridized carbons (Fsp3) is 0.200. The van der Waals surface area contributed by atoms with Crippen LogP contribution in [0, 0.1) is 26.6 Å². The summed E-state index contributed by atoms with van der Waals surface area (Å²) in [6, 6.07) is 7.63. The zero-order valence-electron chi connectivity index (χ0n) is 11.9. The number of benzene rings is 2. The van der Waals surface area contributed by atoms with Gasteiger partial charge in [-0.25, -0.2) is 12.8 Å². The molecular weight excluding hydrogens is 357 g/mol. The number of sulfonamides is 1. The molecule has 0 unspecified atom stereocenters. The van der Waals surface area contributed by atoms with Gasteiger partial charge in [0.15, 0.2) is 0 Å². The van der Waals surface area contributed by atoms with E-state index in [9.17, 15) is 12.8 Å². The Hall–Kier alpha value is -1.40. The number of halogens is 2. The quantitative estimate of drug-likeness (QED) is 0.873. The Balaban J connectivity index is 2.42. The SMILES string of the molecule is Cc1ccc(S(=O)(=O)Nc2cc(Br)c(F)cc2C)cc1C. The second kappa shape index (κ2) is 5.77. The monoisotopic (exact) mass is 371 g/mol. The summed E-state index contributed by atoms with van der Waals surface area (Å²) >= 11 is 3.06. The van der Waals surface area contributed by atoms with Crippen molar-refractivity contribution in [3.63, 3.8) is 0 Å². The molecule has 0 aliphatic carbocycles. The van der Waals surface area contributed by atoms with E-state index in [1.54, 1.807) is 25.1 Å². The number of aryl methyl sites for hydroxylation is 3. The molecule has 0 atom stereocenters. The fourth-order valence-electron chi connectivity index (χ4n) is 1.84. The zero-order chi connectivity index (χ0) is 15.8. The number of anilines is 1. The van der Waals surface area contributed by atoms with E-state index in [4.69, 9.17) is 0 Å². The summed E-state index contributed by atoms with van der Waals surface area (Å²) in [6.45, 7) is 5.42. The van der Waals surface area contributed by atoms with Crippen molar-refractivity contribution in [3.8, 4) is 0 Å². The molecule has 0 amide bonds. The number of nitrogens with one attached hydrogen (secondary N) is 1. The molecule has 112 valence electrons. The lowest BCUT2D eigenvalue weighted by molar-refractivity contribution is 0.600. The molecule has 0 radical (unpaired) electrons. The first kappa shape index (κ1) is 16.0. The van der Waals surface area contributed by atoms with E-state index in [2.05, 4.69) is 20.7 Å². The van der Waals surface area contributed by atoms with Crippen LogP contribution in [0.2, 0.25) is 0 Å². The molecule has 0 aliphatic rings. The van der Waals surface area contributed by atoms with E-state index < -0.39 is 15.8 Å². The molecule has 2 rings (SSSR count). The van der Waals surface area contributed by atoms with Crippen LogP contribution in [0.3, 0.4) is 0 Å². The largest absolute Gasteiger partial charge is 0.279 e. The standard InChI is InChI=1S/C15H15BrFNO2S/c1-9-4-5-12(6-10(9)2)21(19,20)18-15-8-13(16)14(17)7-11(15)3/h4-8,18H,1-3H3. The Morgan fingerprint density at radius 1 is 1.00 bits per heavy atom. The van der Waals surface area contributed by atoms with E-state index in [1.807, 2.05) is 13.8 Å². The van der Waals surface area contributed by atoms with Crippen molar-refractivity contribution in [1.82, 2.24) is 0 Å². The summed E-state index contributed by atoms with van der Waals surface area (Å²) in [5, 5.41) is 0. The molecule has 1 N–H and O–H groups in total. The van der Waals surface area contributed by atoms with Gasteiger partial charge in [0, 0.05) is 0 Å². The van der Waals surface area contributed by atoms with Crippen LogP contribution < -0.4 is 4.72 Å². The molecule has 0 saturated heterocycles. The van der Waals surface area contributed by atoms with Crippen LogP contribution in [0.1, 0.15) is 16.7 Å². The maximum atomic E-state index is 13.4. The molecule has 2 aromatic rings. The van der Waals surface area contributed by atoms with Crippen molar-refractivity contribution in [2.24, 2.45) is 0 Å². The highest BCUT2D eigenvalue weighted by atomic mass is 79.9. The zero-order valence-corrected chi connectivity index (χ0v) is 14.3. The third kappa shape index (κ3) is 3.44. The van der Waals surface area contributed by atoms with Crippen LogP contribution in [-0.2, 0) is 10.0 Å². The van der Waals surface area contributed by atoms with Crippen LogP contribution in [0.4, 0.5) is 10.1 Å². The molecule has 0 saturated carbocycles. The maximum Gasteiger partial charge on any atom is 0.261 e. The topological polar surface area (TPSA) is 46.2 Å². The van der Waals surface area contributed by atoms with Gasteiger partial charge < -0.3 is 0 Å². The van der Waals surface area contributed by atoms with Crippen molar-refractivity contribution in [2.45, 2.75) is 25.7 Å². The molecule has 0 aliphatic heterocycles. The Bertz CT molecular complexity index is 804. The molecule has 0 fully saturated rings. The molecule has 2 aromatic carbocycles. The van der Waals surface area contributed by atoms with Crippen LogP contribution in [-0.4, -0.2) is 8.42 Å². The maximum absolute atomic E-state index is 13.4. The van der Waals surface area contributed by atoms with Crippen LogP contribution in [0.25, 0.3) is 0 Å². The Labute approximate surface area is 132 Å². The molecule has 0 bridgehead atoms. The average molecular weight is 372 g/mol. The van der Waals surface area contributed by atoms with Crippen molar-refractivity contribution >= 4 is 31.6 Å². The number of rotatable bonds is 3.